The molecule has 0 aromatic heterocycles. The first-order chi connectivity index (χ1) is 9.75. The lowest BCUT2D eigenvalue weighted by Crippen LogP contribution is -2.46. The summed E-state index contributed by atoms with van der Waals surface area (Å²) < 4.78 is 0. The third-order valence-electron chi connectivity index (χ3n) is 4.80. The van der Waals surface area contributed by atoms with Gasteiger partial charge in [-0.2, -0.15) is 0 Å². The molecule has 1 unspecified atom stereocenters. The van der Waals surface area contributed by atoms with Gasteiger partial charge in [-0.3, -0.25) is 4.90 Å². The molecule has 1 N–H and O–H groups in total. The van der Waals surface area contributed by atoms with Gasteiger partial charge in [0.25, 0.3) is 0 Å². The van der Waals surface area contributed by atoms with Crippen LogP contribution in [0, 0.1) is 5.92 Å². The summed E-state index contributed by atoms with van der Waals surface area (Å²) in [7, 11) is 0. The summed E-state index contributed by atoms with van der Waals surface area (Å²) in [6.07, 6.45) is 8.44. The highest BCUT2D eigenvalue weighted by atomic mass is 15.2. The zero-order valence-electron chi connectivity index (χ0n) is 13.7. The summed E-state index contributed by atoms with van der Waals surface area (Å²) in [4.78, 5) is 5.41. The quantitative estimate of drug-likeness (QED) is 0.738. The van der Waals surface area contributed by atoms with Crippen molar-refractivity contribution < 1.29 is 0 Å². The molecule has 118 valence electrons. The van der Waals surface area contributed by atoms with Crippen LogP contribution in [-0.4, -0.2) is 61.7 Å². The lowest BCUT2D eigenvalue weighted by molar-refractivity contribution is 0.137. The average Bonchev–Trinajstić information content (AvgIpc) is 2.93. The third kappa shape index (κ3) is 5.71. The zero-order valence-corrected chi connectivity index (χ0v) is 13.7. The summed E-state index contributed by atoms with van der Waals surface area (Å²) in [6, 6.07) is 0.793. The maximum absolute atomic E-state index is 3.66. The first kappa shape index (κ1) is 16.3. The van der Waals surface area contributed by atoms with E-state index in [4.69, 9.17) is 0 Å². The number of rotatable bonds is 8. The third-order valence-corrected chi connectivity index (χ3v) is 4.80. The van der Waals surface area contributed by atoms with Crippen molar-refractivity contribution in [3.63, 3.8) is 0 Å². The standard InChI is InChI=1S/C17H35N3/c1-16(2)14-18-15-17-8-3-4-12-20(17)13-7-11-19-9-5-6-10-19/h16-18H,3-15H2,1-2H3. The molecule has 0 bridgehead atoms. The molecule has 0 aliphatic carbocycles. The summed E-state index contributed by atoms with van der Waals surface area (Å²) in [5.41, 5.74) is 0. The fourth-order valence-corrected chi connectivity index (χ4v) is 3.63. The Morgan fingerprint density at radius 2 is 1.75 bits per heavy atom. The summed E-state index contributed by atoms with van der Waals surface area (Å²) >= 11 is 0. The van der Waals surface area contributed by atoms with Crippen LogP contribution in [-0.2, 0) is 0 Å². The van der Waals surface area contributed by atoms with E-state index in [0.29, 0.717) is 0 Å². The molecule has 2 heterocycles. The largest absolute Gasteiger partial charge is 0.315 e. The summed E-state index contributed by atoms with van der Waals surface area (Å²) in [6.45, 7) is 13.6. The first-order valence-corrected chi connectivity index (χ1v) is 8.93. The minimum Gasteiger partial charge on any atom is -0.315 e. The molecule has 2 fully saturated rings. The highest BCUT2D eigenvalue weighted by Gasteiger charge is 2.22. The molecule has 2 aliphatic heterocycles. The molecule has 3 heteroatoms. The Labute approximate surface area is 126 Å². The van der Waals surface area contributed by atoms with Crippen molar-refractivity contribution in [2.24, 2.45) is 5.92 Å². The zero-order chi connectivity index (χ0) is 14.2. The molecule has 20 heavy (non-hydrogen) atoms. The number of hydrogen-bond acceptors (Lipinski definition) is 3. The van der Waals surface area contributed by atoms with Crippen LogP contribution in [0.4, 0.5) is 0 Å². The van der Waals surface area contributed by atoms with Crippen molar-refractivity contribution in [2.45, 2.75) is 58.4 Å². The fraction of sp³-hybridized carbons (Fsp3) is 1.00. The molecule has 0 aromatic carbocycles. The Kier molecular flexibility index (Phi) is 7.32. The van der Waals surface area contributed by atoms with Crippen molar-refractivity contribution >= 4 is 0 Å². The second kappa shape index (κ2) is 9.01. The number of piperidine rings is 1. The van der Waals surface area contributed by atoms with Crippen LogP contribution in [0.25, 0.3) is 0 Å². The molecule has 0 amide bonds. The van der Waals surface area contributed by atoms with Gasteiger partial charge in [-0.1, -0.05) is 20.3 Å². The van der Waals surface area contributed by atoms with Gasteiger partial charge >= 0.3 is 0 Å². The molecule has 2 rings (SSSR count). The number of hydrogen-bond donors (Lipinski definition) is 1. The van der Waals surface area contributed by atoms with E-state index in [1.807, 2.05) is 0 Å². The minimum absolute atomic E-state index is 0.766. The molecular formula is C17H35N3. The number of nitrogens with one attached hydrogen (secondary N) is 1. The van der Waals surface area contributed by atoms with E-state index < -0.39 is 0 Å². The predicted molar refractivity (Wildman–Crippen MR) is 87.2 cm³/mol. The second-order valence-corrected chi connectivity index (χ2v) is 7.14. The van der Waals surface area contributed by atoms with E-state index in [-0.39, 0.29) is 0 Å². The van der Waals surface area contributed by atoms with Gasteiger partial charge < -0.3 is 10.2 Å². The van der Waals surface area contributed by atoms with E-state index in [1.165, 1.54) is 77.8 Å². The second-order valence-electron chi connectivity index (χ2n) is 7.14. The molecular weight excluding hydrogens is 246 g/mol. The molecule has 2 saturated heterocycles. The summed E-state index contributed by atoms with van der Waals surface area (Å²) in [5.74, 6) is 0.766. The first-order valence-electron chi connectivity index (χ1n) is 8.93. The van der Waals surface area contributed by atoms with Crippen LogP contribution in [0.15, 0.2) is 0 Å². The fourth-order valence-electron chi connectivity index (χ4n) is 3.63. The Balaban J connectivity index is 1.63. The lowest BCUT2D eigenvalue weighted by Gasteiger charge is -2.36. The molecule has 1 atom stereocenters. The van der Waals surface area contributed by atoms with E-state index >= 15 is 0 Å². The van der Waals surface area contributed by atoms with Crippen LogP contribution in [0.3, 0.4) is 0 Å². The van der Waals surface area contributed by atoms with Crippen LogP contribution in [0.5, 0.6) is 0 Å². The maximum atomic E-state index is 3.66. The Morgan fingerprint density at radius 1 is 1.00 bits per heavy atom. The lowest BCUT2D eigenvalue weighted by atomic mass is 10.0. The van der Waals surface area contributed by atoms with Gasteiger partial charge in [0.2, 0.25) is 0 Å². The predicted octanol–water partition coefficient (Wildman–Crippen LogP) is 2.57. The molecule has 0 spiro atoms. The van der Waals surface area contributed by atoms with E-state index in [1.54, 1.807) is 0 Å². The summed E-state index contributed by atoms with van der Waals surface area (Å²) in [5, 5.41) is 3.66. The van der Waals surface area contributed by atoms with E-state index in [9.17, 15) is 0 Å². The Bertz CT molecular complexity index is 249. The van der Waals surface area contributed by atoms with Gasteiger partial charge in [-0.15, -0.1) is 0 Å². The number of nitrogens with zero attached hydrogens (tertiary/aromatic N) is 2. The number of likely N-dealkylation sites (tertiary alicyclic amines) is 2. The van der Waals surface area contributed by atoms with E-state index in [2.05, 4.69) is 29.0 Å². The smallest absolute Gasteiger partial charge is 0.0220 e. The van der Waals surface area contributed by atoms with Crippen molar-refractivity contribution in [2.75, 3.05) is 45.8 Å². The van der Waals surface area contributed by atoms with Gasteiger partial charge in [0, 0.05) is 12.6 Å². The Morgan fingerprint density at radius 3 is 2.50 bits per heavy atom. The van der Waals surface area contributed by atoms with E-state index in [0.717, 1.165) is 18.5 Å². The van der Waals surface area contributed by atoms with Gasteiger partial charge in [0.1, 0.15) is 0 Å². The molecule has 0 aromatic rings. The SMILES string of the molecule is CC(C)CNCC1CCCCN1CCCN1CCCC1. The topological polar surface area (TPSA) is 18.5 Å². The monoisotopic (exact) mass is 281 g/mol. The van der Waals surface area contributed by atoms with Crippen LogP contribution < -0.4 is 5.32 Å². The molecule has 0 radical (unpaired) electrons. The van der Waals surface area contributed by atoms with Crippen LogP contribution >= 0.6 is 0 Å². The molecule has 3 nitrogen and oxygen atoms in total. The highest BCUT2D eigenvalue weighted by Crippen LogP contribution is 2.17. The van der Waals surface area contributed by atoms with Gasteiger partial charge in [-0.05, 0) is 77.3 Å². The highest BCUT2D eigenvalue weighted by molar-refractivity contribution is 4.79. The van der Waals surface area contributed by atoms with Gasteiger partial charge in [-0.25, -0.2) is 0 Å². The average molecular weight is 281 g/mol. The maximum Gasteiger partial charge on any atom is 0.0220 e. The van der Waals surface area contributed by atoms with Crippen LogP contribution in [0.1, 0.15) is 52.4 Å². The molecule has 0 saturated carbocycles. The van der Waals surface area contributed by atoms with Gasteiger partial charge in [0.05, 0.1) is 0 Å². The van der Waals surface area contributed by atoms with Crippen molar-refractivity contribution in [3.8, 4) is 0 Å². The van der Waals surface area contributed by atoms with Crippen molar-refractivity contribution in [3.05, 3.63) is 0 Å². The minimum atomic E-state index is 0.766. The molecule has 2 aliphatic rings. The van der Waals surface area contributed by atoms with Crippen molar-refractivity contribution in [1.29, 1.82) is 0 Å². The Hall–Kier alpha value is -0.120. The van der Waals surface area contributed by atoms with Crippen molar-refractivity contribution in [1.82, 2.24) is 15.1 Å². The van der Waals surface area contributed by atoms with Gasteiger partial charge in [0.15, 0.2) is 0 Å². The normalized spacial score (nSPS) is 25.6. The van der Waals surface area contributed by atoms with Crippen LogP contribution in [0.2, 0.25) is 0 Å².